The Kier molecular flexibility index (Phi) is 5.55. The molecule has 6 heteroatoms. The van der Waals surface area contributed by atoms with E-state index in [1.807, 2.05) is 38.1 Å². The van der Waals surface area contributed by atoms with Gasteiger partial charge in [0.2, 0.25) is 0 Å². The lowest BCUT2D eigenvalue weighted by Crippen LogP contribution is -2.13. The minimum Gasteiger partial charge on any atom is -0.364 e. The molecule has 130 valence electrons. The maximum atomic E-state index is 11.7. The van der Waals surface area contributed by atoms with E-state index in [0.29, 0.717) is 21.3 Å². The Morgan fingerprint density at radius 2 is 1.72 bits per heavy atom. The molecule has 0 aliphatic heterocycles. The lowest BCUT2D eigenvalue weighted by atomic mass is 10.0. The molecular formula is C19H19Cl2N3O. The first-order valence-corrected chi connectivity index (χ1v) is 8.06. The highest BCUT2D eigenvalue weighted by atomic mass is 35.5. The summed E-state index contributed by atoms with van der Waals surface area (Å²) < 4.78 is 1.64. The third-order valence-electron chi connectivity index (χ3n) is 3.82. The number of hydrogen-bond donors (Lipinski definition) is 1. The molecule has 3 aromatic rings. The highest BCUT2D eigenvalue weighted by Crippen LogP contribution is 2.32. The molecule has 0 spiro atoms. The minimum absolute atomic E-state index is 0. The fraction of sp³-hybridized carbons (Fsp3) is 0.158. The second-order valence-electron chi connectivity index (χ2n) is 5.56. The number of primary amides is 1. The van der Waals surface area contributed by atoms with Gasteiger partial charge in [-0.3, -0.25) is 4.79 Å². The van der Waals surface area contributed by atoms with Crippen LogP contribution in [0.25, 0.3) is 16.9 Å². The molecule has 2 aromatic carbocycles. The topological polar surface area (TPSA) is 60.9 Å². The Labute approximate surface area is 157 Å². The zero-order valence-corrected chi connectivity index (χ0v) is 14.7. The smallest absolute Gasteiger partial charge is 0.269 e. The van der Waals surface area contributed by atoms with Crippen LogP contribution in [0.3, 0.4) is 0 Å². The number of hydrogen-bond acceptors (Lipinski definition) is 2. The second kappa shape index (κ2) is 7.30. The lowest BCUT2D eigenvalue weighted by Gasteiger charge is -2.11. The number of nitrogens with zero attached hydrogens (tertiary/aromatic N) is 2. The number of amides is 1. The van der Waals surface area contributed by atoms with Crippen LogP contribution in [0.4, 0.5) is 0 Å². The summed E-state index contributed by atoms with van der Waals surface area (Å²) in [6, 6.07) is 13.1. The summed E-state index contributed by atoms with van der Waals surface area (Å²) in [5.41, 5.74) is 9.86. The molecular weight excluding hydrogens is 357 g/mol. The lowest BCUT2D eigenvalue weighted by molar-refractivity contribution is 0.0994. The number of carbonyl (C=O) groups is 1. The van der Waals surface area contributed by atoms with Crippen molar-refractivity contribution in [2.45, 2.75) is 21.3 Å². The molecule has 3 rings (SSSR count). The number of halogens is 2. The first kappa shape index (κ1) is 19.0. The monoisotopic (exact) mass is 375 g/mol. The molecule has 1 heterocycles. The highest BCUT2D eigenvalue weighted by Gasteiger charge is 2.21. The van der Waals surface area contributed by atoms with Crippen molar-refractivity contribution in [2.24, 2.45) is 5.73 Å². The summed E-state index contributed by atoms with van der Waals surface area (Å²) in [6.45, 7) is 3.83. The summed E-state index contributed by atoms with van der Waals surface area (Å²) in [7, 11) is 0. The van der Waals surface area contributed by atoms with Gasteiger partial charge >= 0.3 is 0 Å². The van der Waals surface area contributed by atoms with Crippen molar-refractivity contribution in [3.8, 4) is 16.9 Å². The fourth-order valence-corrected chi connectivity index (χ4v) is 3.10. The Morgan fingerprint density at radius 3 is 2.28 bits per heavy atom. The number of benzene rings is 2. The zero-order chi connectivity index (χ0) is 17.4. The molecule has 25 heavy (non-hydrogen) atoms. The molecule has 0 saturated carbocycles. The maximum Gasteiger partial charge on any atom is 0.269 e. The SMILES string of the molecule is C.Cc1ccc(-c2c(C)c(C(N)=O)nn2-c2ccc(Cl)cc2Cl)cc1. The van der Waals surface area contributed by atoms with Crippen molar-refractivity contribution in [1.29, 1.82) is 0 Å². The van der Waals surface area contributed by atoms with Crippen molar-refractivity contribution in [3.63, 3.8) is 0 Å². The van der Waals surface area contributed by atoms with Crippen molar-refractivity contribution in [3.05, 3.63) is 69.3 Å². The van der Waals surface area contributed by atoms with Gasteiger partial charge in [0.05, 0.1) is 16.4 Å². The molecule has 0 saturated heterocycles. The van der Waals surface area contributed by atoms with E-state index in [0.717, 1.165) is 16.8 Å². The van der Waals surface area contributed by atoms with Gasteiger partial charge in [-0.05, 0) is 32.0 Å². The predicted molar refractivity (Wildman–Crippen MR) is 104 cm³/mol. The van der Waals surface area contributed by atoms with Gasteiger partial charge in [-0.1, -0.05) is 60.5 Å². The molecule has 0 aliphatic rings. The van der Waals surface area contributed by atoms with Crippen molar-refractivity contribution < 1.29 is 4.79 Å². The summed E-state index contributed by atoms with van der Waals surface area (Å²) in [6.07, 6.45) is 0. The summed E-state index contributed by atoms with van der Waals surface area (Å²) in [4.78, 5) is 11.7. The van der Waals surface area contributed by atoms with Gasteiger partial charge in [-0.15, -0.1) is 0 Å². The summed E-state index contributed by atoms with van der Waals surface area (Å²) >= 11 is 12.3. The quantitative estimate of drug-likeness (QED) is 0.683. The van der Waals surface area contributed by atoms with Crippen LogP contribution in [0.5, 0.6) is 0 Å². The Bertz CT molecular complexity index is 931. The van der Waals surface area contributed by atoms with E-state index in [2.05, 4.69) is 5.10 Å². The average Bonchev–Trinajstić information content (AvgIpc) is 2.86. The molecule has 0 unspecified atom stereocenters. The molecule has 1 aromatic heterocycles. The van der Waals surface area contributed by atoms with Gasteiger partial charge in [0.15, 0.2) is 5.69 Å². The first-order chi connectivity index (χ1) is 11.4. The van der Waals surface area contributed by atoms with Crippen LogP contribution < -0.4 is 5.73 Å². The maximum absolute atomic E-state index is 11.7. The van der Waals surface area contributed by atoms with Gasteiger partial charge in [0, 0.05) is 16.1 Å². The molecule has 0 atom stereocenters. The van der Waals surface area contributed by atoms with E-state index < -0.39 is 5.91 Å². The number of nitrogens with two attached hydrogens (primary N) is 1. The average molecular weight is 376 g/mol. The van der Waals surface area contributed by atoms with Crippen molar-refractivity contribution in [1.82, 2.24) is 9.78 Å². The predicted octanol–water partition coefficient (Wildman–Crippen LogP) is 5.20. The Balaban J connectivity index is 0.00000225. The van der Waals surface area contributed by atoms with Crippen LogP contribution >= 0.6 is 23.2 Å². The van der Waals surface area contributed by atoms with Gasteiger partial charge < -0.3 is 5.73 Å². The van der Waals surface area contributed by atoms with E-state index in [9.17, 15) is 4.79 Å². The van der Waals surface area contributed by atoms with E-state index in [1.54, 1.807) is 22.9 Å². The number of carbonyl (C=O) groups excluding carboxylic acids is 1. The number of rotatable bonds is 3. The fourth-order valence-electron chi connectivity index (χ4n) is 2.61. The van der Waals surface area contributed by atoms with Gasteiger partial charge in [0.1, 0.15) is 0 Å². The zero-order valence-electron chi connectivity index (χ0n) is 13.2. The first-order valence-electron chi connectivity index (χ1n) is 7.30. The second-order valence-corrected chi connectivity index (χ2v) is 6.40. The van der Waals surface area contributed by atoms with Gasteiger partial charge in [0.25, 0.3) is 5.91 Å². The van der Waals surface area contributed by atoms with Crippen molar-refractivity contribution >= 4 is 29.1 Å². The van der Waals surface area contributed by atoms with E-state index in [4.69, 9.17) is 28.9 Å². The van der Waals surface area contributed by atoms with Crippen LogP contribution in [0, 0.1) is 13.8 Å². The largest absolute Gasteiger partial charge is 0.364 e. The van der Waals surface area contributed by atoms with Crippen LogP contribution in [0.15, 0.2) is 42.5 Å². The number of aryl methyl sites for hydroxylation is 1. The van der Waals surface area contributed by atoms with Crippen LogP contribution in [0.1, 0.15) is 29.0 Å². The molecule has 0 fully saturated rings. The van der Waals surface area contributed by atoms with Gasteiger partial charge in [-0.2, -0.15) is 5.10 Å². The Morgan fingerprint density at radius 1 is 1.08 bits per heavy atom. The highest BCUT2D eigenvalue weighted by molar-refractivity contribution is 6.35. The Hall–Kier alpha value is -2.30. The molecule has 0 aliphatic carbocycles. The molecule has 0 bridgehead atoms. The van der Waals surface area contributed by atoms with E-state index in [-0.39, 0.29) is 13.1 Å². The van der Waals surface area contributed by atoms with Gasteiger partial charge in [-0.25, -0.2) is 4.68 Å². The van der Waals surface area contributed by atoms with Crippen LogP contribution in [0.2, 0.25) is 10.0 Å². The normalized spacial score (nSPS) is 10.4. The van der Waals surface area contributed by atoms with Crippen molar-refractivity contribution in [2.75, 3.05) is 0 Å². The summed E-state index contributed by atoms with van der Waals surface area (Å²) in [5, 5.41) is 5.35. The third kappa shape index (κ3) is 3.55. The minimum atomic E-state index is -0.579. The molecule has 1 amide bonds. The third-order valence-corrected chi connectivity index (χ3v) is 4.36. The molecule has 0 radical (unpaired) electrons. The summed E-state index contributed by atoms with van der Waals surface area (Å²) in [5.74, 6) is -0.579. The standard InChI is InChI=1S/C18H15Cl2N3O.CH4/c1-10-3-5-12(6-4-10)17-11(2)16(18(21)24)22-23(17)15-8-7-13(19)9-14(15)20;/h3-9H,1-2H3,(H2,21,24);1H4. The molecule has 2 N–H and O–H groups in total. The van der Waals surface area contributed by atoms with E-state index >= 15 is 0 Å². The van der Waals surface area contributed by atoms with E-state index in [1.165, 1.54) is 0 Å². The van der Waals surface area contributed by atoms with Crippen LogP contribution in [-0.2, 0) is 0 Å². The molecule has 4 nitrogen and oxygen atoms in total. The van der Waals surface area contributed by atoms with Crippen LogP contribution in [-0.4, -0.2) is 15.7 Å². The number of aromatic nitrogens is 2.